The van der Waals surface area contributed by atoms with Crippen LogP contribution in [0.1, 0.15) is 37.7 Å². The summed E-state index contributed by atoms with van der Waals surface area (Å²) in [4.78, 5) is 0. The van der Waals surface area contributed by atoms with Crippen LogP contribution >= 0.6 is 23.2 Å². The van der Waals surface area contributed by atoms with Crippen molar-refractivity contribution in [2.24, 2.45) is 5.92 Å². The van der Waals surface area contributed by atoms with Gasteiger partial charge in [0.05, 0.1) is 11.6 Å². The summed E-state index contributed by atoms with van der Waals surface area (Å²) in [7, 11) is 0. The van der Waals surface area contributed by atoms with Crippen molar-refractivity contribution in [2.45, 2.75) is 44.4 Å². The summed E-state index contributed by atoms with van der Waals surface area (Å²) in [5, 5.41) is 0.264. The molecule has 1 aromatic carbocycles. The molecule has 0 unspecified atom stereocenters. The quantitative estimate of drug-likeness (QED) is 0.613. The van der Waals surface area contributed by atoms with Crippen molar-refractivity contribution in [3.8, 4) is 11.5 Å². The Morgan fingerprint density at radius 3 is 2.54 bits per heavy atom. The van der Waals surface area contributed by atoms with Crippen molar-refractivity contribution in [3.63, 3.8) is 0 Å². The largest absolute Gasteiger partial charge is 0.490 e. The van der Waals surface area contributed by atoms with Gasteiger partial charge >= 0.3 is 6.18 Å². The Morgan fingerprint density at radius 2 is 1.88 bits per heavy atom. The summed E-state index contributed by atoms with van der Waals surface area (Å²) in [5.41, 5.74) is 0.413. The van der Waals surface area contributed by atoms with Gasteiger partial charge in [-0.15, -0.1) is 0 Å². The number of halogens is 5. The molecule has 0 radical (unpaired) electrons. The van der Waals surface area contributed by atoms with Gasteiger partial charge in [-0.05, 0) is 30.9 Å². The third-order valence-electron chi connectivity index (χ3n) is 4.37. The van der Waals surface area contributed by atoms with Crippen LogP contribution in [0.4, 0.5) is 13.2 Å². The molecule has 0 amide bonds. The van der Waals surface area contributed by atoms with Crippen LogP contribution in [0.2, 0.25) is 10.0 Å². The van der Waals surface area contributed by atoms with Gasteiger partial charge in [0, 0.05) is 5.56 Å². The third kappa shape index (κ3) is 3.77. The molecule has 0 spiro atoms. The lowest BCUT2D eigenvalue weighted by Crippen LogP contribution is -2.34. The average molecular weight is 381 g/mol. The first-order valence-corrected chi connectivity index (χ1v) is 8.68. The highest BCUT2D eigenvalue weighted by molar-refractivity contribution is 6.38. The first-order chi connectivity index (χ1) is 11.4. The van der Waals surface area contributed by atoms with Gasteiger partial charge in [0.1, 0.15) is 10.8 Å². The van der Waals surface area contributed by atoms with E-state index < -0.39 is 12.3 Å². The zero-order chi connectivity index (χ0) is 17.3. The van der Waals surface area contributed by atoms with E-state index in [2.05, 4.69) is 0 Å². The number of hydrogen-bond donors (Lipinski definition) is 0. The molecule has 1 atom stereocenters. The lowest BCUT2D eigenvalue weighted by molar-refractivity contribution is -0.180. The number of ether oxygens (including phenoxy) is 2. The van der Waals surface area contributed by atoms with Crippen molar-refractivity contribution in [2.75, 3.05) is 6.61 Å². The Balaban J connectivity index is 1.80. The first-order valence-electron chi connectivity index (χ1n) is 7.92. The summed E-state index contributed by atoms with van der Waals surface area (Å²) in [6.07, 6.45) is 1.47. The molecule has 0 saturated heterocycles. The van der Waals surface area contributed by atoms with Gasteiger partial charge < -0.3 is 9.47 Å². The Bertz CT molecular complexity index is 638. The molecule has 7 heteroatoms. The summed E-state index contributed by atoms with van der Waals surface area (Å²) < 4.78 is 49.4. The van der Waals surface area contributed by atoms with Gasteiger partial charge in [-0.3, -0.25) is 0 Å². The van der Waals surface area contributed by atoms with Gasteiger partial charge in [0.15, 0.2) is 5.75 Å². The minimum absolute atomic E-state index is 0.00749. The molecular weight excluding hydrogens is 364 g/mol. The second-order valence-electron chi connectivity index (χ2n) is 6.17. The van der Waals surface area contributed by atoms with Crippen LogP contribution in [0, 0.1) is 5.92 Å². The zero-order valence-electron chi connectivity index (χ0n) is 12.8. The molecule has 2 aliphatic rings. The first kappa shape index (κ1) is 17.7. The number of fused-ring (bicyclic) bond motifs is 1. The minimum Gasteiger partial charge on any atom is -0.490 e. The fourth-order valence-corrected chi connectivity index (χ4v) is 3.69. The van der Waals surface area contributed by atoms with Crippen molar-refractivity contribution in [1.82, 2.24) is 0 Å². The fourth-order valence-electron chi connectivity index (χ4n) is 3.07. The van der Waals surface area contributed by atoms with E-state index in [9.17, 15) is 13.2 Å². The molecule has 132 valence electrons. The lowest BCUT2D eigenvalue weighted by atomic mass is 9.90. The number of alkyl halides is 3. The van der Waals surface area contributed by atoms with E-state index in [-0.39, 0.29) is 21.5 Å². The summed E-state index contributed by atoms with van der Waals surface area (Å²) in [6.45, 7) is 0.455. The fraction of sp³-hybridized carbons (Fsp3) is 0.529. The molecule has 3 rings (SSSR count). The molecule has 2 nitrogen and oxygen atoms in total. The molecule has 1 aromatic rings. The van der Waals surface area contributed by atoms with Gasteiger partial charge in [0.25, 0.3) is 0 Å². The standard InChI is InChI=1S/C17H17Cl2F3O2/c18-12-8-11-6-7-13(17(20,21)22)24-15(11)14(19)16(12)23-9-10-4-2-1-3-5-10/h6-8,10,13H,1-5,9H2/t13-/m0/s1. The number of rotatable bonds is 3. The summed E-state index contributed by atoms with van der Waals surface area (Å²) in [6, 6.07) is 1.52. The van der Waals surface area contributed by atoms with Crippen LogP contribution in [0.15, 0.2) is 12.1 Å². The van der Waals surface area contributed by atoms with E-state index in [0.717, 1.165) is 18.9 Å². The van der Waals surface area contributed by atoms with E-state index in [1.807, 2.05) is 0 Å². The molecule has 1 fully saturated rings. The van der Waals surface area contributed by atoms with E-state index >= 15 is 0 Å². The lowest BCUT2D eigenvalue weighted by Gasteiger charge is -2.26. The number of hydrogen-bond acceptors (Lipinski definition) is 2. The Hall–Kier alpha value is -1.07. The second-order valence-corrected chi connectivity index (χ2v) is 6.96. The molecule has 1 saturated carbocycles. The maximum absolute atomic E-state index is 12.9. The monoisotopic (exact) mass is 380 g/mol. The Morgan fingerprint density at radius 1 is 1.17 bits per heavy atom. The maximum atomic E-state index is 12.9. The van der Waals surface area contributed by atoms with Crippen molar-refractivity contribution in [1.29, 1.82) is 0 Å². The van der Waals surface area contributed by atoms with Crippen LogP contribution in [0.3, 0.4) is 0 Å². The van der Waals surface area contributed by atoms with Crippen LogP contribution in [-0.2, 0) is 0 Å². The van der Waals surface area contributed by atoms with Crippen molar-refractivity contribution < 1.29 is 22.6 Å². The van der Waals surface area contributed by atoms with Crippen molar-refractivity contribution >= 4 is 29.3 Å². The highest BCUT2D eigenvalue weighted by atomic mass is 35.5. The van der Waals surface area contributed by atoms with Crippen LogP contribution < -0.4 is 9.47 Å². The van der Waals surface area contributed by atoms with Crippen LogP contribution in [0.5, 0.6) is 11.5 Å². The predicted molar refractivity (Wildman–Crippen MR) is 88.0 cm³/mol. The van der Waals surface area contributed by atoms with E-state index in [4.69, 9.17) is 32.7 Å². The van der Waals surface area contributed by atoms with Gasteiger partial charge in [0.2, 0.25) is 6.10 Å². The summed E-state index contributed by atoms with van der Waals surface area (Å²) >= 11 is 12.4. The second kappa shape index (κ2) is 7.04. The summed E-state index contributed by atoms with van der Waals surface area (Å²) in [5.74, 6) is 0.578. The molecule has 1 heterocycles. The molecule has 0 aromatic heterocycles. The minimum atomic E-state index is -4.50. The normalized spacial score (nSPS) is 21.3. The van der Waals surface area contributed by atoms with Gasteiger partial charge in [-0.25, -0.2) is 0 Å². The van der Waals surface area contributed by atoms with Crippen LogP contribution in [0.25, 0.3) is 6.08 Å². The maximum Gasteiger partial charge on any atom is 0.429 e. The third-order valence-corrected chi connectivity index (χ3v) is 4.99. The average Bonchev–Trinajstić information content (AvgIpc) is 2.54. The Labute approximate surface area is 148 Å². The van der Waals surface area contributed by atoms with E-state index in [0.29, 0.717) is 18.1 Å². The highest BCUT2D eigenvalue weighted by Crippen LogP contribution is 2.46. The Kier molecular flexibility index (Phi) is 5.21. The zero-order valence-corrected chi connectivity index (χ0v) is 14.3. The van der Waals surface area contributed by atoms with Gasteiger partial charge in [-0.1, -0.05) is 48.5 Å². The van der Waals surface area contributed by atoms with Crippen LogP contribution in [-0.4, -0.2) is 18.9 Å². The molecule has 1 aliphatic carbocycles. The van der Waals surface area contributed by atoms with Crippen molar-refractivity contribution in [3.05, 3.63) is 27.8 Å². The molecular formula is C17H17Cl2F3O2. The SMILES string of the molecule is FC(F)(F)[C@@H]1C=Cc2cc(Cl)c(OCC3CCCCC3)c(Cl)c2O1. The van der Waals surface area contributed by atoms with E-state index in [1.165, 1.54) is 31.4 Å². The molecule has 0 bridgehead atoms. The smallest absolute Gasteiger partial charge is 0.429 e. The van der Waals surface area contributed by atoms with Gasteiger partial charge in [-0.2, -0.15) is 13.2 Å². The highest BCUT2D eigenvalue weighted by Gasteiger charge is 2.42. The molecule has 1 aliphatic heterocycles. The molecule has 0 N–H and O–H groups in total. The topological polar surface area (TPSA) is 18.5 Å². The predicted octanol–water partition coefficient (Wildman–Crippen LogP) is 6.29. The number of benzene rings is 1. The molecule has 24 heavy (non-hydrogen) atoms. The van der Waals surface area contributed by atoms with E-state index in [1.54, 1.807) is 0 Å².